The van der Waals surface area contributed by atoms with Crippen molar-refractivity contribution in [2.75, 3.05) is 0 Å². The zero-order valence-corrected chi connectivity index (χ0v) is 22.7. The van der Waals surface area contributed by atoms with Gasteiger partial charge in [-0.1, -0.05) is 62.4 Å². The van der Waals surface area contributed by atoms with Crippen molar-refractivity contribution >= 4 is 23.7 Å². The molecule has 0 radical (unpaired) electrons. The molecular weight excluding hydrogens is 494 g/mol. The van der Waals surface area contributed by atoms with E-state index in [0.717, 1.165) is 12.8 Å². The van der Waals surface area contributed by atoms with Crippen LogP contribution in [-0.2, 0) is 44.9 Å². The lowest BCUT2D eigenvalue weighted by atomic mass is 9.93. The number of benzene rings is 2. The van der Waals surface area contributed by atoms with Gasteiger partial charge in [-0.05, 0) is 66.7 Å². The Morgan fingerprint density at radius 1 is 0.795 bits per heavy atom. The highest BCUT2D eigenvalue weighted by atomic mass is 16.4. The second-order valence-corrected chi connectivity index (χ2v) is 11.3. The molecule has 2 atom stereocenters. The van der Waals surface area contributed by atoms with Crippen molar-refractivity contribution in [1.29, 1.82) is 0 Å². The van der Waals surface area contributed by atoms with Crippen LogP contribution in [0, 0.1) is 11.8 Å². The highest BCUT2D eigenvalue weighted by molar-refractivity contribution is 5.90. The van der Waals surface area contributed by atoms with Gasteiger partial charge in [-0.3, -0.25) is 19.2 Å². The van der Waals surface area contributed by atoms with E-state index in [4.69, 9.17) is 0 Å². The average Bonchev–Trinajstić information content (AvgIpc) is 3.47. The SMILES string of the molecule is CC(C)C[C@H](CC(=O)O)C(=O)N[C@@H](CCC(=O)NC1Cc2ccccc2C1)C(=O)NC1Cc2ccccc2C1. The summed E-state index contributed by atoms with van der Waals surface area (Å²) in [6.07, 6.45) is 3.26. The van der Waals surface area contributed by atoms with Crippen LogP contribution in [-0.4, -0.2) is 46.9 Å². The van der Waals surface area contributed by atoms with Crippen LogP contribution in [0.25, 0.3) is 0 Å². The lowest BCUT2D eigenvalue weighted by Crippen LogP contribution is -2.51. The lowest BCUT2D eigenvalue weighted by Gasteiger charge is -2.24. The lowest BCUT2D eigenvalue weighted by molar-refractivity contribution is -0.142. The molecule has 0 saturated heterocycles. The van der Waals surface area contributed by atoms with Gasteiger partial charge < -0.3 is 21.1 Å². The number of hydrogen-bond acceptors (Lipinski definition) is 4. The number of carbonyl (C=O) groups excluding carboxylic acids is 3. The highest BCUT2D eigenvalue weighted by Gasteiger charge is 2.31. The Labute approximate surface area is 230 Å². The zero-order chi connectivity index (χ0) is 27.9. The van der Waals surface area contributed by atoms with E-state index in [1.165, 1.54) is 22.3 Å². The molecule has 0 spiro atoms. The zero-order valence-electron chi connectivity index (χ0n) is 22.7. The second kappa shape index (κ2) is 12.9. The first-order valence-corrected chi connectivity index (χ1v) is 13.9. The number of fused-ring (bicyclic) bond motifs is 2. The number of hydrogen-bond donors (Lipinski definition) is 4. The van der Waals surface area contributed by atoms with Crippen LogP contribution in [0.3, 0.4) is 0 Å². The Balaban J connectivity index is 1.38. The van der Waals surface area contributed by atoms with Crippen LogP contribution in [0.4, 0.5) is 0 Å². The minimum absolute atomic E-state index is 0.0137. The van der Waals surface area contributed by atoms with Crippen LogP contribution in [0.2, 0.25) is 0 Å². The van der Waals surface area contributed by atoms with E-state index in [0.29, 0.717) is 19.3 Å². The summed E-state index contributed by atoms with van der Waals surface area (Å²) in [4.78, 5) is 50.8. The largest absolute Gasteiger partial charge is 0.481 e. The van der Waals surface area contributed by atoms with Crippen LogP contribution in [0.1, 0.15) is 61.8 Å². The Morgan fingerprint density at radius 2 is 1.28 bits per heavy atom. The van der Waals surface area contributed by atoms with Crippen molar-refractivity contribution < 1.29 is 24.3 Å². The van der Waals surface area contributed by atoms with E-state index < -0.39 is 23.8 Å². The number of carboxylic acids is 1. The molecule has 2 aromatic carbocycles. The fourth-order valence-corrected chi connectivity index (χ4v) is 5.82. The van der Waals surface area contributed by atoms with Gasteiger partial charge in [0, 0.05) is 24.4 Å². The van der Waals surface area contributed by atoms with Gasteiger partial charge in [0.15, 0.2) is 0 Å². The van der Waals surface area contributed by atoms with Crippen LogP contribution in [0.15, 0.2) is 48.5 Å². The number of carbonyl (C=O) groups is 4. The van der Waals surface area contributed by atoms with Gasteiger partial charge in [-0.25, -0.2) is 0 Å². The molecule has 208 valence electrons. The van der Waals surface area contributed by atoms with E-state index in [1.54, 1.807) is 0 Å². The molecule has 4 rings (SSSR count). The molecule has 2 aliphatic carbocycles. The molecular formula is C31H39N3O5. The van der Waals surface area contributed by atoms with E-state index in [2.05, 4.69) is 40.2 Å². The minimum atomic E-state index is -1.06. The Bertz CT molecular complexity index is 1160. The number of nitrogens with one attached hydrogen (secondary N) is 3. The first-order valence-electron chi connectivity index (χ1n) is 13.9. The molecule has 2 aliphatic rings. The normalized spacial score (nSPS) is 16.3. The van der Waals surface area contributed by atoms with Gasteiger partial charge in [0.1, 0.15) is 6.04 Å². The molecule has 0 aromatic heterocycles. The third-order valence-corrected chi connectivity index (χ3v) is 7.65. The molecule has 2 aromatic rings. The van der Waals surface area contributed by atoms with Crippen LogP contribution >= 0.6 is 0 Å². The molecule has 3 amide bonds. The smallest absolute Gasteiger partial charge is 0.304 e. The number of amides is 3. The summed E-state index contributed by atoms with van der Waals surface area (Å²) in [5.74, 6) is -2.67. The Hall–Kier alpha value is -3.68. The summed E-state index contributed by atoms with van der Waals surface area (Å²) in [6.45, 7) is 3.85. The Kier molecular flexibility index (Phi) is 9.38. The fourth-order valence-electron chi connectivity index (χ4n) is 5.82. The van der Waals surface area contributed by atoms with Crippen molar-refractivity contribution in [3.8, 4) is 0 Å². The molecule has 8 nitrogen and oxygen atoms in total. The summed E-state index contributed by atoms with van der Waals surface area (Å²) in [5, 5.41) is 18.3. The third-order valence-electron chi connectivity index (χ3n) is 7.65. The standard InChI is InChI=1S/C31H39N3O5/c1-19(2)13-24(18-29(36)37)30(38)34-27(31(39)33-26-16-22-9-5-6-10-23(22)17-26)11-12-28(35)32-25-14-20-7-3-4-8-21(20)15-25/h3-10,19,24-27H,11-18H2,1-2H3,(H,32,35)(H,33,39)(H,34,38)(H,36,37)/t24-,27+/m1/s1. The monoisotopic (exact) mass is 533 g/mol. The molecule has 8 heteroatoms. The van der Waals surface area contributed by atoms with Gasteiger partial charge in [-0.15, -0.1) is 0 Å². The predicted molar refractivity (Wildman–Crippen MR) is 148 cm³/mol. The molecule has 39 heavy (non-hydrogen) atoms. The maximum Gasteiger partial charge on any atom is 0.304 e. The van der Waals surface area contributed by atoms with Crippen LogP contribution in [0.5, 0.6) is 0 Å². The highest BCUT2D eigenvalue weighted by Crippen LogP contribution is 2.23. The van der Waals surface area contributed by atoms with Gasteiger partial charge in [0.05, 0.1) is 6.42 Å². The molecule has 0 aliphatic heterocycles. The van der Waals surface area contributed by atoms with E-state index in [-0.39, 0.29) is 49.1 Å². The van der Waals surface area contributed by atoms with Crippen molar-refractivity contribution in [2.24, 2.45) is 11.8 Å². The quantitative estimate of drug-likeness (QED) is 0.334. The van der Waals surface area contributed by atoms with Gasteiger partial charge in [0.2, 0.25) is 17.7 Å². The van der Waals surface area contributed by atoms with Crippen LogP contribution < -0.4 is 16.0 Å². The van der Waals surface area contributed by atoms with Crippen molar-refractivity contribution in [3.63, 3.8) is 0 Å². The van der Waals surface area contributed by atoms with Crippen molar-refractivity contribution in [3.05, 3.63) is 70.8 Å². The molecule has 4 N–H and O–H groups in total. The summed E-state index contributed by atoms with van der Waals surface area (Å²) >= 11 is 0. The van der Waals surface area contributed by atoms with E-state index in [9.17, 15) is 24.3 Å². The number of carboxylic acid groups (broad SMARTS) is 1. The van der Waals surface area contributed by atoms with E-state index in [1.807, 2.05) is 38.1 Å². The number of aliphatic carboxylic acids is 1. The summed E-state index contributed by atoms with van der Waals surface area (Å²) in [7, 11) is 0. The van der Waals surface area contributed by atoms with Crippen molar-refractivity contribution in [1.82, 2.24) is 16.0 Å². The maximum absolute atomic E-state index is 13.4. The van der Waals surface area contributed by atoms with Crippen molar-refractivity contribution in [2.45, 2.75) is 83.3 Å². The van der Waals surface area contributed by atoms with Gasteiger partial charge >= 0.3 is 5.97 Å². The second-order valence-electron chi connectivity index (χ2n) is 11.3. The molecule has 0 fully saturated rings. The molecule has 0 saturated carbocycles. The Morgan fingerprint density at radius 3 is 1.74 bits per heavy atom. The van der Waals surface area contributed by atoms with Gasteiger partial charge in [-0.2, -0.15) is 0 Å². The molecule has 0 bridgehead atoms. The summed E-state index contributed by atoms with van der Waals surface area (Å²) < 4.78 is 0. The maximum atomic E-state index is 13.4. The first-order chi connectivity index (χ1) is 18.7. The number of rotatable bonds is 12. The fraction of sp³-hybridized carbons (Fsp3) is 0.484. The molecule has 0 unspecified atom stereocenters. The van der Waals surface area contributed by atoms with Gasteiger partial charge in [0.25, 0.3) is 0 Å². The third kappa shape index (κ3) is 7.91. The minimum Gasteiger partial charge on any atom is -0.481 e. The predicted octanol–water partition coefficient (Wildman–Crippen LogP) is 2.96. The first kappa shape index (κ1) is 28.3. The summed E-state index contributed by atoms with van der Waals surface area (Å²) in [6, 6.07) is 15.2. The van der Waals surface area contributed by atoms with E-state index >= 15 is 0 Å². The topological polar surface area (TPSA) is 125 Å². The average molecular weight is 534 g/mol. The molecule has 0 heterocycles. The summed E-state index contributed by atoms with van der Waals surface area (Å²) in [5.41, 5.74) is 4.86.